The molecule has 4 heterocycles. The lowest BCUT2D eigenvalue weighted by Gasteiger charge is -2.35. The molecule has 2 aromatic heterocycles. The lowest BCUT2D eigenvalue weighted by atomic mass is 9.78. The Morgan fingerprint density at radius 1 is 1.33 bits per heavy atom. The van der Waals surface area contributed by atoms with Crippen LogP contribution in [0.25, 0.3) is 22.3 Å². The fraction of sp³-hybridized carbons (Fsp3) is 0.333. The summed E-state index contributed by atoms with van der Waals surface area (Å²) in [6.07, 6.45) is 1.53. The fourth-order valence-corrected chi connectivity index (χ4v) is 4.91. The van der Waals surface area contributed by atoms with Crippen molar-refractivity contribution >= 4 is 28.8 Å². The Morgan fingerprint density at radius 2 is 2.08 bits per heavy atom. The third-order valence-electron chi connectivity index (χ3n) is 6.68. The van der Waals surface area contributed by atoms with Gasteiger partial charge in [-0.2, -0.15) is 5.10 Å². The van der Waals surface area contributed by atoms with Crippen molar-refractivity contribution in [3.05, 3.63) is 67.0 Å². The molecular formula is C24H23N5O7. The van der Waals surface area contributed by atoms with Crippen LogP contribution in [0.4, 0.5) is 5.69 Å². The van der Waals surface area contributed by atoms with Crippen LogP contribution in [0.5, 0.6) is 0 Å². The summed E-state index contributed by atoms with van der Waals surface area (Å²) in [4.78, 5) is 42.8. The number of aliphatic hydroxyl groups excluding tert-OH is 1. The van der Waals surface area contributed by atoms with E-state index in [4.69, 9.17) is 9.84 Å². The van der Waals surface area contributed by atoms with E-state index in [2.05, 4.69) is 15.5 Å². The van der Waals surface area contributed by atoms with E-state index in [1.54, 1.807) is 12.1 Å². The highest BCUT2D eigenvalue weighted by molar-refractivity contribution is 6.03. The maximum absolute atomic E-state index is 13.6. The molecule has 5 rings (SSSR count). The van der Waals surface area contributed by atoms with Crippen LogP contribution in [0.15, 0.2) is 34.2 Å². The van der Waals surface area contributed by atoms with Gasteiger partial charge in [0.25, 0.3) is 5.56 Å². The van der Waals surface area contributed by atoms with E-state index in [0.29, 0.717) is 16.6 Å². The van der Waals surface area contributed by atoms with Crippen molar-refractivity contribution in [3.63, 3.8) is 0 Å². The molecule has 0 saturated carbocycles. The summed E-state index contributed by atoms with van der Waals surface area (Å²) in [5.74, 6) is -1.85. The van der Waals surface area contributed by atoms with E-state index < -0.39 is 40.3 Å². The molecule has 2 aliphatic rings. The molecule has 12 heteroatoms. The number of aliphatic hydroxyl groups is 2. The van der Waals surface area contributed by atoms with Crippen LogP contribution in [0.3, 0.4) is 0 Å². The molecule has 186 valence electrons. The summed E-state index contributed by atoms with van der Waals surface area (Å²) in [6, 6.07) is 7.14. The SMILES string of the molecule is CC(C)[C@@]1(O)C(=O)OCc2c1c([N+](=O)[O-])c1n(c2=O)Cc2c-1nc1ccccc1c2/C=N/NCCO. The third-order valence-corrected chi connectivity index (χ3v) is 6.68. The number of para-hydroxylation sites is 1. The molecule has 12 nitrogen and oxygen atoms in total. The predicted molar refractivity (Wildman–Crippen MR) is 128 cm³/mol. The normalized spacial score (nSPS) is 18.3. The van der Waals surface area contributed by atoms with Gasteiger partial charge in [0.2, 0.25) is 0 Å². The van der Waals surface area contributed by atoms with Gasteiger partial charge in [-0.3, -0.25) is 19.5 Å². The minimum atomic E-state index is -2.37. The van der Waals surface area contributed by atoms with Crippen LogP contribution in [0.2, 0.25) is 0 Å². The number of cyclic esters (lactones) is 1. The first-order valence-corrected chi connectivity index (χ1v) is 11.3. The lowest BCUT2D eigenvalue weighted by molar-refractivity contribution is -0.386. The number of hydrazone groups is 1. The van der Waals surface area contributed by atoms with Gasteiger partial charge in [0.1, 0.15) is 18.0 Å². The van der Waals surface area contributed by atoms with E-state index >= 15 is 0 Å². The molecule has 0 amide bonds. The fourth-order valence-electron chi connectivity index (χ4n) is 4.91. The number of pyridine rings is 2. The van der Waals surface area contributed by atoms with Crippen molar-refractivity contribution in [1.82, 2.24) is 15.0 Å². The monoisotopic (exact) mass is 493 g/mol. The van der Waals surface area contributed by atoms with Gasteiger partial charge in [-0.1, -0.05) is 32.0 Å². The zero-order valence-electron chi connectivity index (χ0n) is 19.5. The van der Waals surface area contributed by atoms with Gasteiger partial charge < -0.3 is 20.4 Å². The number of carbonyl (C=O) groups excluding carboxylic acids is 1. The van der Waals surface area contributed by atoms with Gasteiger partial charge in [-0.15, -0.1) is 0 Å². The first-order valence-electron chi connectivity index (χ1n) is 11.3. The van der Waals surface area contributed by atoms with Crippen molar-refractivity contribution < 1.29 is 24.7 Å². The second-order valence-corrected chi connectivity index (χ2v) is 8.96. The number of carbonyl (C=O) groups is 1. The summed E-state index contributed by atoms with van der Waals surface area (Å²) >= 11 is 0. The molecule has 36 heavy (non-hydrogen) atoms. The molecule has 0 bridgehead atoms. The second kappa shape index (κ2) is 8.50. The minimum Gasteiger partial charge on any atom is -0.458 e. The topological polar surface area (TPSA) is 169 Å². The number of nitro groups is 1. The molecule has 0 aliphatic carbocycles. The summed E-state index contributed by atoms with van der Waals surface area (Å²) < 4.78 is 6.35. The lowest BCUT2D eigenvalue weighted by Crippen LogP contribution is -2.48. The molecule has 0 fully saturated rings. The number of benzene rings is 1. The van der Waals surface area contributed by atoms with E-state index in [1.165, 1.54) is 24.6 Å². The zero-order chi connectivity index (χ0) is 25.8. The van der Waals surface area contributed by atoms with Gasteiger partial charge in [-0.25, -0.2) is 9.78 Å². The van der Waals surface area contributed by atoms with Crippen molar-refractivity contribution in [2.75, 3.05) is 13.2 Å². The number of fused-ring (bicyclic) bond motifs is 5. The largest absolute Gasteiger partial charge is 0.458 e. The van der Waals surface area contributed by atoms with Crippen LogP contribution < -0.4 is 11.0 Å². The van der Waals surface area contributed by atoms with Gasteiger partial charge in [0, 0.05) is 16.5 Å². The molecule has 3 aromatic rings. The standard InChI is InChI=1S/C24H23N5O7/c1-12(2)24(33)18-16(11-36-23(24)32)22(31)28-10-15-14(9-26-25-7-8-30)13-5-3-4-6-17(13)27-19(15)21(28)20(18)29(34)35/h3-6,9,12,25,30,33H,7-8,10-11H2,1-2H3/b26-9+/t24-/m0/s1. The van der Waals surface area contributed by atoms with Gasteiger partial charge in [0.15, 0.2) is 5.60 Å². The molecule has 0 radical (unpaired) electrons. The Balaban J connectivity index is 1.88. The zero-order valence-corrected chi connectivity index (χ0v) is 19.5. The maximum Gasteiger partial charge on any atom is 0.343 e. The van der Waals surface area contributed by atoms with Crippen molar-refractivity contribution in [3.8, 4) is 11.4 Å². The second-order valence-electron chi connectivity index (χ2n) is 8.96. The summed E-state index contributed by atoms with van der Waals surface area (Å²) in [5, 5.41) is 37.8. The number of hydrogen-bond acceptors (Lipinski definition) is 10. The number of ether oxygens (including phenoxy) is 1. The minimum absolute atomic E-state index is 0.0230. The molecule has 1 atom stereocenters. The third kappa shape index (κ3) is 3.22. The maximum atomic E-state index is 13.6. The van der Waals surface area contributed by atoms with Crippen LogP contribution in [0, 0.1) is 16.0 Å². The van der Waals surface area contributed by atoms with Gasteiger partial charge >= 0.3 is 11.7 Å². The van der Waals surface area contributed by atoms with E-state index in [0.717, 1.165) is 5.39 Å². The predicted octanol–water partition coefficient (Wildman–Crippen LogP) is 1.15. The number of hydrogen-bond donors (Lipinski definition) is 3. The Morgan fingerprint density at radius 3 is 2.78 bits per heavy atom. The van der Waals surface area contributed by atoms with Crippen molar-refractivity contribution in [2.24, 2.45) is 11.0 Å². The number of aromatic nitrogens is 2. The quantitative estimate of drug-likeness (QED) is 0.117. The van der Waals surface area contributed by atoms with Crippen molar-refractivity contribution in [1.29, 1.82) is 0 Å². The highest BCUT2D eigenvalue weighted by Gasteiger charge is 2.54. The molecule has 2 aliphatic heterocycles. The van der Waals surface area contributed by atoms with Crippen LogP contribution >= 0.6 is 0 Å². The number of esters is 1. The Bertz CT molecular complexity index is 1530. The average Bonchev–Trinajstić information content (AvgIpc) is 3.23. The van der Waals surface area contributed by atoms with E-state index in [-0.39, 0.29) is 42.2 Å². The molecule has 0 spiro atoms. The number of nitrogens with zero attached hydrogens (tertiary/aromatic N) is 4. The average molecular weight is 493 g/mol. The highest BCUT2D eigenvalue weighted by atomic mass is 16.6. The Kier molecular flexibility index (Phi) is 5.57. The summed E-state index contributed by atoms with van der Waals surface area (Å²) in [6.45, 7) is 2.66. The smallest absolute Gasteiger partial charge is 0.343 e. The van der Waals surface area contributed by atoms with Gasteiger partial charge in [-0.05, 0) is 12.0 Å². The molecule has 3 N–H and O–H groups in total. The number of nitrogens with one attached hydrogen (secondary N) is 1. The van der Waals surface area contributed by atoms with Crippen LogP contribution in [-0.4, -0.2) is 50.0 Å². The summed E-state index contributed by atoms with van der Waals surface area (Å²) in [5.41, 5.74) is 0.520. The molecular weight excluding hydrogens is 470 g/mol. The van der Waals surface area contributed by atoms with E-state index in [1.807, 2.05) is 12.1 Å². The molecule has 0 saturated heterocycles. The first kappa shape index (κ1) is 23.6. The van der Waals surface area contributed by atoms with E-state index in [9.17, 15) is 24.8 Å². The van der Waals surface area contributed by atoms with Crippen molar-refractivity contribution in [2.45, 2.75) is 32.6 Å². The first-order chi connectivity index (χ1) is 17.2. The highest BCUT2D eigenvalue weighted by Crippen LogP contribution is 2.48. The Hall–Kier alpha value is -4.16. The Labute approximate surface area is 204 Å². The van der Waals surface area contributed by atoms with Crippen LogP contribution in [0.1, 0.15) is 36.1 Å². The summed E-state index contributed by atoms with van der Waals surface area (Å²) in [7, 11) is 0. The number of rotatable bonds is 6. The van der Waals surface area contributed by atoms with Crippen LogP contribution in [-0.2, 0) is 28.3 Å². The van der Waals surface area contributed by atoms with Gasteiger partial charge in [0.05, 0.1) is 47.5 Å². The molecule has 1 aromatic carbocycles. The molecule has 0 unspecified atom stereocenters.